The van der Waals surface area contributed by atoms with E-state index in [1.54, 1.807) is 0 Å². The zero-order chi connectivity index (χ0) is 17.5. The molecule has 2 atom stereocenters. The maximum atomic E-state index is 11.8. The first kappa shape index (κ1) is 19.4. The van der Waals surface area contributed by atoms with E-state index < -0.39 is 10.0 Å². The average Bonchev–Trinajstić information content (AvgIpc) is 3.31. The smallest absolute Gasteiger partial charge is 0.209 e. The fraction of sp³-hybridized carbons (Fsp3) is 0.400. The Balaban J connectivity index is 0.00000196. The van der Waals surface area contributed by atoms with Crippen molar-refractivity contribution < 1.29 is 8.42 Å². The Bertz CT molecular complexity index is 866. The third-order valence-electron chi connectivity index (χ3n) is 5.50. The zero-order valence-corrected chi connectivity index (χ0v) is 16.4. The third kappa shape index (κ3) is 4.12. The summed E-state index contributed by atoms with van der Waals surface area (Å²) in [6, 6.07) is 19.0. The van der Waals surface area contributed by atoms with Gasteiger partial charge in [-0.25, -0.2) is 13.1 Å². The molecule has 26 heavy (non-hydrogen) atoms. The highest BCUT2D eigenvalue weighted by molar-refractivity contribution is 7.88. The Morgan fingerprint density at radius 2 is 1.77 bits per heavy atom. The minimum Gasteiger partial charge on any atom is -0.311 e. The largest absolute Gasteiger partial charge is 0.311 e. The third-order valence-corrected chi connectivity index (χ3v) is 6.18. The van der Waals surface area contributed by atoms with Crippen molar-refractivity contribution in [3.05, 3.63) is 60.2 Å². The van der Waals surface area contributed by atoms with E-state index in [1.807, 2.05) is 18.2 Å². The van der Waals surface area contributed by atoms with E-state index in [-0.39, 0.29) is 29.9 Å². The monoisotopic (exact) mass is 392 g/mol. The summed E-state index contributed by atoms with van der Waals surface area (Å²) in [5.74, 6) is 0. The number of sulfonamides is 1. The summed E-state index contributed by atoms with van der Waals surface area (Å²) < 4.78 is 26.5. The fourth-order valence-corrected chi connectivity index (χ4v) is 4.90. The summed E-state index contributed by atoms with van der Waals surface area (Å²) in [6.07, 6.45) is 4.30. The van der Waals surface area contributed by atoms with Crippen LogP contribution in [0.1, 0.15) is 18.4 Å². The molecule has 0 radical (unpaired) electrons. The van der Waals surface area contributed by atoms with Crippen LogP contribution in [-0.4, -0.2) is 33.3 Å². The van der Waals surface area contributed by atoms with E-state index in [9.17, 15) is 8.42 Å². The van der Waals surface area contributed by atoms with Crippen LogP contribution >= 0.6 is 12.4 Å². The van der Waals surface area contributed by atoms with Crippen LogP contribution in [-0.2, 0) is 16.4 Å². The number of nitrogens with one attached hydrogen (secondary N) is 2. The van der Waals surface area contributed by atoms with Gasteiger partial charge < -0.3 is 5.32 Å². The highest BCUT2D eigenvalue weighted by atomic mass is 35.5. The van der Waals surface area contributed by atoms with Gasteiger partial charge in [-0.1, -0.05) is 54.6 Å². The lowest BCUT2D eigenvalue weighted by molar-refractivity contribution is 0.410. The van der Waals surface area contributed by atoms with Gasteiger partial charge in [0, 0.05) is 24.0 Å². The van der Waals surface area contributed by atoms with E-state index in [0.29, 0.717) is 0 Å². The standard InChI is InChI=1S/C20H24N2O2S.ClH/c1-25(23,24)22-19-18(21-14-20(19)10-11-20)13-15-6-5-9-17(12-15)16-7-3-2-4-8-16;/h2-9,12,18-19,21-22H,10-11,13-14H2,1H3;1H. The molecule has 0 bridgehead atoms. The molecule has 2 aromatic rings. The van der Waals surface area contributed by atoms with Gasteiger partial charge in [-0.05, 0) is 36.0 Å². The molecular formula is C20H25ClN2O2S. The highest BCUT2D eigenvalue weighted by Crippen LogP contribution is 2.52. The first-order valence-corrected chi connectivity index (χ1v) is 10.7. The summed E-state index contributed by atoms with van der Waals surface area (Å²) in [6.45, 7) is 0.906. The van der Waals surface area contributed by atoms with E-state index in [4.69, 9.17) is 0 Å². The van der Waals surface area contributed by atoms with Crippen molar-refractivity contribution in [1.29, 1.82) is 0 Å². The van der Waals surface area contributed by atoms with Crippen LogP contribution < -0.4 is 10.0 Å². The maximum Gasteiger partial charge on any atom is 0.209 e. The molecule has 1 aliphatic heterocycles. The van der Waals surface area contributed by atoms with Crippen molar-refractivity contribution in [3.63, 3.8) is 0 Å². The summed E-state index contributed by atoms with van der Waals surface area (Å²) >= 11 is 0. The Morgan fingerprint density at radius 1 is 1.08 bits per heavy atom. The molecule has 2 aromatic carbocycles. The van der Waals surface area contributed by atoms with Crippen LogP contribution in [0.2, 0.25) is 0 Å². The second-order valence-corrected chi connectivity index (χ2v) is 9.27. The van der Waals surface area contributed by atoms with Crippen LogP contribution in [0, 0.1) is 5.41 Å². The maximum absolute atomic E-state index is 11.8. The number of hydrogen-bond donors (Lipinski definition) is 2. The van der Waals surface area contributed by atoms with Gasteiger partial charge in [-0.15, -0.1) is 12.4 Å². The van der Waals surface area contributed by atoms with Gasteiger partial charge in [0.05, 0.1) is 6.26 Å². The molecule has 2 fully saturated rings. The molecule has 6 heteroatoms. The van der Waals surface area contributed by atoms with E-state index >= 15 is 0 Å². The lowest BCUT2D eigenvalue weighted by Crippen LogP contribution is -2.47. The summed E-state index contributed by atoms with van der Waals surface area (Å²) in [5, 5.41) is 3.56. The first-order valence-electron chi connectivity index (χ1n) is 8.80. The summed E-state index contributed by atoms with van der Waals surface area (Å²) in [5.41, 5.74) is 3.76. The van der Waals surface area contributed by atoms with Crippen molar-refractivity contribution >= 4 is 22.4 Å². The highest BCUT2D eigenvalue weighted by Gasteiger charge is 2.56. The molecule has 2 N–H and O–H groups in total. The fourth-order valence-electron chi connectivity index (χ4n) is 4.03. The quantitative estimate of drug-likeness (QED) is 0.822. The van der Waals surface area contributed by atoms with Gasteiger partial charge in [-0.2, -0.15) is 0 Å². The van der Waals surface area contributed by atoms with Crippen LogP contribution in [0.4, 0.5) is 0 Å². The molecule has 2 aliphatic rings. The zero-order valence-electron chi connectivity index (χ0n) is 14.8. The average molecular weight is 393 g/mol. The number of halogens is 1. The molecule has 4 rings (SSSR count). The van der Waals surface area contributed by atoms with Gasteiger partial charge in [0.15, 0.2) is 0 Å². The molecule has 2 unspecified atom stereocenters. The minimum atomic E-state index is -3.20. The lowest BCUT2D eigenvalue weighted by Gasteiger charge is -2.24. The minimum absolute atomic E-state index is 0. The second-order valence-electron chi connectivity index (χ2n) is 7.49. The van der Waals surface area contributed by atoms with Crippen molar-refractivity contribution in [3.8, 4) is 11.1 Å². The van der Waals surface area contributed by atoms with Crippen LogP contribution in [0.3, 0.4) is 0 Å². The Morgan fingerprint density at radius 3 is 2.42 bits per heavy atom. The topological polar surface area (TPSA) is 58.2 Å². The van der Waals surface area contributed by atoms with Crippen LogP contribution in [0.25, 0.3) is 11.1 Å². The molecule has 0 amide bonds. The first-order chi connectivity index (χ1) is 12.0. The molecule has 1 saturated heterocycles. The number of hydrogen-bond acceptors (Lipinski definition) is 3. The van der Waals surface area contributed by atoms with Crippen molar-refractivity contribution in [2.45, 2.75) is 31.3 Å². The van der Waals surface area contributed by atoms with Crippen LogP contribution in [0.5, 0.6) is 0 Å². The Hall–Kier alpha value is -1.40. The molecular weight excluding hydrogens is 368 g/mol. The molecule has 140 valence electrons. The number of benzene rings is 2. The molecule has 1 spiro atoms. The molecule has 1 aliphatic carbocycles. The molecule has 1 heterocycles. The predicted octanol–water partition coefficient (Wildman–Crippen LogP) is 2.99. The van der Waals surface area contributed by atoms with E-state index in [1.165, 1.54) is 22.9 Å². The van der Waals surface area contributed by atoms with E-state index in [2.05, 4.69) is 46.4 Å². The van der Waals surface area contributed by atoms with Gasteiger partial charge in [0.25, 0.3) is 0 Å². The van der Waals surface area contributed by atoms with Crippen molar-refractivity contribution in [2.24, 2.45) is 5.41 Å². The van der Waals surface area contributed by atoms with Crippen molar-refractivity contribution in [2.75, 3.05) is 12.8 Å². The lowest BCUT2D eigenvalue weighted by atomic mass is 9.92. The second kappa shape index (κ2) is 7.31. The predicted molar refractivity (Wildman–Crippen MR) is 108 cm³/mol. The van der Waals surface area contributed by atoms with Crippen LogP contribution in [0.15, 0.2) is 54.6 Å². The molecule has 0 aromatic heterocycles. The van der Waals surface area contributed by atoms with Gasteiger partial charge in [0.1, 0.15) is 0 Å². The Labute approximate surface area is 161 Å². The van der Waals surface area contributed by atoms with Gasteiger partial charge in [0.2, 0.25) is 10.0 Å². The van der Waals surface area contributed by atoms with E-state index in [0.717, 1.165) is 25.8 Å². The molecule has 4 nitrogen and oxygen atoms in total. The summed E-state index contributed by atoms with van der Waals surface area (Å²) in [7, 11) is -3.20. The van der Waals surface area contributed by atoms with Crippen molar-refractivity contribution in [1.82, 2.24) is 10.0 Å². The molecule has 1 saturated carbocycles. The van der Waals surface area contributed by atoms with Gasteiger partial charge >= 0.3 is 0 Å². The SMILES string of the molecule is CS(=O)(=O)NC1C(Cc2cccc(-c3ccccc3)c2)NCC12CC2.Cl. The Kier molecular flexibility index (Phi) is 5.45. The normalized spacial score (nSPS) is 23.6. The summed E-state index contributed by atoms with van der Waals surface area (Å²) in [4.78, 5) is 0. The van der Waals surface area contributed by atoms with Gasteiger partial charge in [-0.3, -0.25) is 0 Å². The number of rotatable bonds is 5.